The second-order valence-electron chi connectivity index (χ2n) is 2.62. The van der Waals surface area contributed by atoms with E-state index in [1.807, 2.05) is 6.07 Å². The van der Waals surface area contributed by atoms with Crippen molar-refractivity contribution in [1.29, 1.82) is 0 Å². The van der Waals surface area contributed by atoms with Gasteiger partial charge in [0.2, 0.25) is 0 Å². The lowest BCUT2D eigenvalue weighted by atomic mass is 10.2. The molecule has 0 fully saturated rings. The summed E-state index contributed by atoms with van der Waals surface area (Å²) in [6.07, 6.45) is -0.868. The molecule has 1 radical (unpaired) electrons. The van der Waals surface area contributed by atoms with Crippen LogP contribution < -0.4 is 0 Å². The minimum absolute atomic E-state index is 0.0757. The Bertz CT molecular complexity index is 267. The van der Waals surface area contributed by atoms with Gasteiger partial charge in [0.1, 0.15) is 6.61 Å². The zero-order chi connectivity index (χ0) is 9.68. The molecule has 0 aliphatic carbocycles. The minimum atomic E-state index is -0.868. The number of esters is 1. The fourth-order valence-electron chi connectivity index (χ4n) is 0.829. The smallest absolute Gasteiger partial charge is 0.338 e. The average Bonchev–Trinajstić information content (AvgIpc) is 2.15. The molecule has 1 rings (SSSR count). The van der Waals surface area contributed by atoms with E-state index in [1.165, 1.54) is 0 Å². The van der Waals surface area contributed by atoms with Gasteiger partial charge in [-0.1, -0.05) is 18.2 Å². The Kier molecular flexibility index (Phi) is 3.46. The fourth-order valence-corrected chi connectivity index (χ4v) is 0.829. The molecule has 1 aromatic rings. The van der Waals surface area contributed by atoms with Crippen molar-refractivity contribution in [3.8, 4) is 0 Å². The summed E-state index contributed by atoms with van der Waals surface area (Å²) in [7, 11) is 0. The molecule has 13 heavy (non-hydrogen) atoms. The third kappa shape index (κ3) is 3.25. The highest BCUT2D eigenvalue weighted by atomic mass is 16.5. The van der Waals surface area contributed by atoms with E-state index in [1.54, 1.807) is 24.3 Å². The van der Waals surface area contributed by atoms with Crippen LogP contribution in [-0.4, -0.2) is 23.8 Å². The van der Waals surface area contributed by atoms with Gasteiger partial charge in [0.15, 0.2) is 0 Å². The van der Waals surface area contributed by atoms with Crippen molar-refractivity contribution in [2.45, 2.75) is 6.10 Å². The zero-order valence-corrected chi connectivity index (χ0v) is 7.14. The first-order valence-electron chi connectivity index (χ1n) is 3.93. The molecule has 3 heteroatoms. The number of hydrogen-bond donors (Lipinski definition) is 1. The van der Waals surface area contributed by atoms with Gasteiger partial charge >= 0.3 is 5.97 Å². The molecule has 0 spiro atoms. The van der Waals surface area contributed by atoms with Crippen molar-refractivity contribution in [3.63, 3.8) is 0 Å². The molecule has 3 nitrogen and oxygen atoms in total. The number of hydrogen-bond acceptors (Lipinski definition) is 3. The molecule has 69 valence electrons. The Morgan fingerprint density at radius 2 is 2.08 bits per heavy atom. The van der Waals surface area contributed by atoms with Crippen LogP contribution in [0.5, 0.6) is 0 Å². The molecule has 1 aromatic carbocycles. The standard InChI is InChI=1S/C10H11O3/c1-8(11)7-13-10(12)9-5-3-2-4-6-9/h2-6,8,11H,1,7H2. The molecule has 0 saturated heterocycles. The van der Waals surface area contributed by atoms with E-state index >= 15 is 0 Å². The predicted octanol–water partition coefficient (Wildman–Crippen LogP) is 1.04. The van der Waals surface area contributed by atoms with E-state index in [-0.39, 0.29) is 6.61 Å². The highest BCUT2D eigenvalue weighted by molar-refractivity contribution is 5.89. The van der Waals surface area contributed by atoms with Crippen LogP contribution in [0.4, 0.5) is 0 Å². The van der Waals surface area contributed by atoms with Gasteiger partial charge in [0.25, 0.3) is 0 Å². The van der Waals surface area contributed by atoms with Crippen LogP contribution in [0.15, 0.2) is 30.3 Å². The van der Waals surface area contributed by atoms with Gasteiger partial charge in [-0.25, -0.2) is 4.79 Å². The molecule has 0 aromatic heterocycles. The Morgan fingerprint density at radius 1 is 1.46 bits per heavy atom. The maximum Gasteiger partial charge on any atom is 0.338 e. The average molecular weight is 179 g/mol. The van der Waals surface area contributed by atoms with Gasteiger partial charge in [0.05, 0.1) is 11.7 Å². The van der Waals surface area contributed by atoms with Gasteiger partial charge in [-0.3, -0.25) is 0 Å². The van der Waals surface area contributed by atoms with Gasteiger partial charge in [-0.2, -0.15) is 0 Å². The lowest BCUT2D eigenvalue weighted by Gasteiger charge is -2.05. The van der Waals surface area contributed by atoms with Crippen molar-refractivity contribution in [2.75, 3.05) is 6.61 Å². The van der Waals surface area contributed by atoms with Crippen molar-refractivity contribution in [3.05, 3.63) is 42.8 Å². The monoisotopic (exact) mass is 179 g/mol. The molecule has 0 aliphatic heterocycles. The lowest BCUT2D eigenvalue weighted by molar-refractivity contribution is 0.0340. The van der Waals surface area contributed by atoms with Crippen LogP contribution >= 0.6 is 0 Å². The summed E-state index contributed by atoms with van der Waals surface area (Å²) in [6.45, 7) is 3.21. The van der Waals surface area contributed by atoms with Crippen molar-refractivity contribution in [2.24, 2.45) is 0 Å². The SMILES string of the molecule is [CH2]C(O)COC(=O)c1ccccc1. The third-order valence-corrected chi connectivity index (χ3v) is 1.42. The van der Waals surface area contributed by atoms with Crippen LogP contribution in [-0.2, 0) is 4.74 Å². The fraction of sp³-hybridized carbons (Fsp3) is 0.200. The van der Waals surface area contributed by atoms with Crippen molar-refractivity contribution in [1.82, 2.24) is 0 Å². The van der Waals surface area contributed by atoms with Crippen LogP contribution in [0.3, 0.4) is 0 Å². The number of aliphatic hydroxyl groups is 1. The normalized spacial score (nSPS) is 12.2. The van der Waals surface area contributed by atoms with Gasteiger partial charge < -0.3 is 9.84 Å². The summed E-state index contributed by atoms with van der Waals surface area (Å²) in [5, 5.41) is 8.76. The second kappa shape index (κ2) is 4.62. The van der Waals surface area contributed by atoms with E-state index in [4.69, 9.17) is 9.84 Å². The minimum Gasteiger partial charge on any atom is -0.459 e. The molecule has 0 aliphatic rings. The first-order valence-corrected chi connectivity index (χ1v) is 3.93. The number of rotatable bonds is 3. The maximum absolute atomic E-state index is 11.2. The summed E-state index contributed by atoms with van der Waals surface area (Å²) in [5.41, 5.74) is 0.475. The van der Waals surface area contributed by atoms with Crippen molar-refractivity contribution < 1.29 is 14.6 Å². The number of aliphatic hydroxyl groups excluding tert-OH is 1. The van der Waals surface area contributed by atoms with E-state index < -0.39 is 12.1 Å². The highest BCUT2D eigenvalue weighted by Gasteiger charge is 2.06. The molecule has 0 bridgehead atoms. The summed E-state index contributed by atoms with van der Waals surface area (Å²) >= 11 is 0. The van der Waals surface area contributed by atoms with Crippen LogP contribution in [0.2, 0.25) is 0 Å². The molecule has 1 unspecified atom stereocenters. The van der Waals surface area contributed by atoms with Gasteiger partial charge in [-0.15, -0.1) is 0 Å². The van der Waals surface area contributed by atoms with E-state index in [0.29, 0.717) is 5.56 Å². The number of benzene rings is 1. The van der Waals surface area contributed by atoms with Crippen LogP contribution in [0, 0.1) is 6.92 Å². The summed E-state index contributed by atoms with van der Waals surface area (Å²) in [5.74, 6) is -0.441. The lowest BCUT2D eigenvalue weighted by Crippen LogP contribution is -2.15. The molecular weight excluding hydrogens is 168 g/mol. The predicted molar refractivity (Wildman–Crippen MR) is 48.1 cm³/mol. The third-order valence-electron chi connectivity index (χ3n) is 1.42. The van der Waals surface area contributed by atoms with Gasteiger partial charge in [-0.05, 0) is 19.1 Å². The van der Waals surface area contributed by atoms with Gasteiger partial charge in [0, 0.05) is 0 Å². The van der Waals surface area contributed by atoms with E-state index in [2.05, 4.69) is 6.92 Å². The van der Waals surface area contributed by atoms with Crippen molar-refractivity contribution >= 4 is 5.97 Å². The van der Waals surface area contributed by atoms with Crippen LogP contribution in [0.25, 0.3) is 0 Å². The first kappa shape index (κ1) is 9.74. The number of ether oxygens (including phenoxy) is 1. The molecule has 1 atom stereocenters. The maximum atomic E-state index is 11.2. The van der Waals surface area contributed by atoms with Crippen LogP contribution in [0.1, 0.15) is 10.4 Å². The Hall–Kier alpha value is -1.35. The molecule has 0 heterocycles. The topological polar surface area (TPSA) is 46.5 Å². The summed E-state index contributed by atoms with van der Waals surface area (Å²) in [4.78, 5) is 11.2. The zero-order valence-electron chi connectivity index (χ0n) is 7.14. The molecular formula is C10H11O3. The van der Waals surface area contributed by atoms with E-state index in [9.17, 15) is 4.79 Å². The second-order valence-corrected chi connectivity index (χ2v) is 2.62. The molecule has 0 amide bonds. The Morgan fingerprint density at radius 3 is 2.62 bits per heavy atom. The molecule has 1 N–H and O–H groups in total. The number of carbonyl (C=O) groups is 1. The summed E-state index contributed by atoms with van der Waals surface area (Å²) in [6, 6.07) is 8.61. The van der Waals surface area contributed by atoms with E-state index in [0.717, 1.165) is 0 Å². The Labute approximate surface area is 77.0 Å². The highest BCUT2D eigenvalue weighted by Crippen LogP contribution is 2.01. The molecule has 0 saturated carbocycles. The largest absolute Gasteiger partial charge is 0.459 e. The first-order chi connectivity index (χ1) is 6.20. The summed E-state index contributed by atoms with van der Waals surface area (Å²) < 4.78 is 4.74. The quantitative estimate of drug-likeness (QED) is 0.705. The Balaban J connectivity index is 2.50. The number of carbonyl (C=O) groups excluding carboxylic acids is 1.